The summed E-state index contributed by atoms with van der Waals surface area (Å²) < 4.78 is 16.7. The number of rotatable bonds is 2. The van der Waals surface area contributed by atoms with Crippen molar-refractivity contribution in [1.29, 1.82) is 0 Å². The maximum Gasteiger partial charge on any atom is 0.338 e. The van der Waals surface area contributed by atoms with E-state index < -0.39 is 0 Å². The van der Waals surface area contributed by atoms with Crippen LogP contribution in [0.5, 0.6) is 0 Å². The fourth-order valence-electron chi connectivity index (χ4n) is 2.45. The quantitative estimate of drug-likeness (QED) is 0.733. The van der Waals surface area contributed by atoms with Crippen LogP contribution in [0, 0.1) is 5.92 Å². The number of hydrogen-bond acceptors (Lipinski definition) is 5. The molecule has 0 radical (unpaired) electrons. The summed E-state index contributed by atoms with van der Waals surface area (Å²) in [4.78, 5) is 15.8. The Morgan fingerprint density at radius 2 is 2.00 bits per heavy atom. The fraction of sp³-hybridized carbons (Fsp3) is 0.538. The highest BCUT2D eigenvalue weighted by Gasteiger charge is 2.47. The molecule has 18 heavy (non-hydrogen) atoms. The third-order valence-corrected chi connectivity index (χ3v) is 3.43. The highest BCUT2D eigenvalue weighted by molar-refractivity contribution is 5.89. The summed E-state index contributed by atoms with van der Waals surface area (Å²) in [6, 6.07) is 3.27. The Morgan fingerprint density at radius 3 is 2.78 bits per heavy atom. The first-order valence-corrected chi connectivity index (χ1v) is 6.10. The van der Waals surface area contributed by atoms with Crippen LogP contribution >= 0.6 is 0 Å². The van der Waals surface area contributed by atoms with Gasteiger partial charge in [0.15, 0.2) is 6.10 Å². The molecule has 1 aromatic heterocycles. The van der Waals surface area contributed by atoms with Crippen LogP contribution in [0.2, 0.25) is 0 Å². The van der Waals surface area contributed by atoms with Gasteiger partial charge in [-0.25, -0.2) is 4.79 Å². The van der Waals surface area contributed by atoms with Crippen molar-refractivity contribution >= 4 is 5.97 Å². The van der Waals surface area contributed by atoms with E-state index in [0.717, 1.165) is 0 Å². The minimum atomic E-state index is -0.352. The van der Waals surface area contributed by atoms with Gasteiger partial charge in [0, 0.05) is 18.3 Å². The van der Waals surface area contributed by atoms with Gasteiger partial charge in [-0.3, -0.25) is 4.98 Å². The molecule has 5 heteroatoms. The summed E-state index contributed by atoms with van der Waals surface area (Å²) in [7, 11) is 0. The topological polar surface area (TPSA) is 57.7 Å². The maximum atomic E-state index is 11.9. The van der Waals surface area contributed by atoms with Crippen molar-refractivity contribution in [3.63, 3.8) is 0 Å². The summed E-state index contributed by atoms with van der Waals surface area (Å²) in [6.45, 7) is 3.16. The van der Waals surface area contributed by atoms with E-state index in [9.17, 15) is 4.79 Å². The van der Waals surface area contributed by atoms with E-state index in [-0.39, 0.29) is 24.3 Å². The molecule has 3 heterocycles. The van der Waals surface area contributed by atoms with Gasteiger partial charge in [0.05, 0.1) is 24.9 Å². The highest BCUT2D eigenvalue weighted by atomic mass is 16.6. The van der Waals surface area contributed by atoms with Crippen molar-refractivity contribution in [2.45, 2.75) is 25.2 Å². The number of carbonyl (C=O) groups is 1. The molecule has 2 aliphatic rings. The molecule has 3 rings (SSSR count). The first-order valence-electron chi connectivity index (χ1n) is 6.10. The predicted molar refractivity (Wildman–Crippen MR) is 62.1 cm³/mol. The van der Waals surface area contributed by atoms with Gasteiger partial charge in [0.1, 0.15) is 6.10 Å². The lowest BCUT2D eigenvalue weighted by molar-refractivity contribution is -0.0158. The second-order valence-corrected chi connectivity index (χ2v) is 4.75. The smallest absolute Gasteiger partial charge is 0.338 e. The van der Waals surface area contributed by atoms with Crippen LogP contribution < -0.4 is 0 Å². The molecular weight excluding hydrogens is 234 g/mol. The summed E-state index contributed by atoms with van der Waals surface area (Å²) in [6.07, 6.45) is 2.77. The molecule has 96 valence electrons. The lowest BCUT2D eigenvalue weighted by Crippen LogP contribution is -2.32. The molecule has 2 aliphatic heterocycles. The Balaban J connectivity index is 1.66. The summed E-state index contributed by atoms with van der Waals surface area (Å²) in [5.41, 5.74) is 0.500. The Hall–Kier alpha value is -1.46. The van der Waals surface area contributed by atoms with E-state index in [2.05, 4.69) is 11.9 Å². The van der Waals surface area contributed by atoms with Crippen LogP contribution in [-0.4, -0.2) is 42.5 Å². The third-order valence-electron chi connectivity index (χ3n) is 3.43. The van der Waals surface area contributed by atoms with Gasteiger partial charge in [-0.1, -0.05) is 6.92 Å². The summed E-state index contributed by atoms with van der Waals surface area (Å²) in [5.74, 6) is 0.00873. The Kier molecular flexibility index (Phi) is 3.01. The van der Waals surface area contributed by atoms with E-state index in [1.165, 1.54) is 0 Å². The lowest BCUT2D eigenvalue weighted by atomic mass is 10.0. The SMILES string of the molecule is CC1CO[C@H]2[C@@H]1OC[C@H]2OC(=O)c1ccncc1. The number of esters is 1. The number of nitrogens with zero attached hydrogens (tertiary/aromatic N) is 1. The predicted octanol–water partition coefficient (Wildman–Crippen LogP) is 1.04. The first-order chi connectivity index (χ1) is 8.75. The molecule has 0 N–H and O–H groups in total. The zero-order valence-electron chi connectivity index (χ0n) is 10.1. The molecule has 0 aliphatic carbocycles. The van der Waals surface area contributed by atoms with Crippen molar-refractivity contribution in [3.05, 3.63) is 30.1 Å². The molecule has 1 aromatic rings. The van der Waals surface area contributed by atoms with Gasteiger partial charge in [-0.2, -0.15) is 0 Å². The van der Waals surface area contributed by atoms with Crippen LogP contribution in [0.3, 0.4) is 0 Å². The molecule has 0 saturated carbocycles. The van der Waals surface area contributed by atoms with Crippen LogP contribution in [0.1, 0.15) is 17.3 Å². The number of aromatic nitrogens is 1. The molecule has 5 nitrogen and oxygen atoms in total. The number of pyridine rings is 1. The highest BCUT2D eigenvalue weighted by Crippen LogP contribution is 2.32. The lowest BCUT2D eigenvalue weighted by Gasteiger charge is -2.16. The van der Waals surface area contributed by atoms with Gasteiger partial charge in [0.25, 0.3) is 0 Å². The standard InChI is InChI=1S/C13H15NO4/c1-8-6-16-12-10(7-17-11(8)12)18-13(15)9-2-4-14-5-3-9/h2-5,8,10-12H,6-7H2,1H3/t8?,10-,11-,12-/m1/s1. The number of ether oxygens (including phenoxy) is 3. The van der Waals surface area contributed by atoms with Crippen LogP contribution in [0.4, 0.5) is 0 Å². The van der Waals surface area contributed by atoms with Gasteiger partial charge in [-0.05, 0) is 12.1 Å². The Bertz CT molecular complexity index is 436. The molecule has 2 saturated heterocycles. The van der Waals surface area contributed by atoms with Crippen molar-refractivity contribution in [2.75, 3.05) is 13.2 Å². The van der Waals surface area contributed by atoms with Gasteiger partial charge in [0.2, 0.25) is 0 Å². The molecule has 2 fully saturated rings. The van der Waals surface area contributed by atoms with Gasteiger partial charge >= 0.3 is 5.97 Å². The number of fused-ring (bicyclic) bond motifs is 1. The fourth-order valence-corrected chi connectivity index (χ4v) is 2.45. The average molecular weight is 249 g/mol. The first kappa shape index (κ1) is 11.6. The maximum absolute atomic E-state index is 11.9. The van der Waals surface area contributed by atoms with Gasteiger partial charge < -0.3 is 14.2 Å². The monoisotopic (exact) mass is 249 g/mol. The summed E-state index contributed by atoms with van der Waals surface area (Å²) in [5, 5.41) is 0. The second-order valence-electron chi connectivity index (χ2n) is 4.75. The van der Waals surface area contributed by atoms with Crippen LogP contribution in [0.15, 0.2) is 24.5 Å². The number of carbonyl (C=O) groups excluding carboxylic acids is 1. The molecule has 0 amide bonds. The van der Waals surface area contributed by atoms with E-state index in [1.54, 1.807) is 24.5 Å². The van der Waals surface area contributed by atoms with E-state index in [0.29, 0.717) is 24.7 Å². The van der Waals surface area contributed by atoms with Crippen LogP contribution in [0.25, 0.3) is 0 Å². The van der Waals surface area contributed by atoms with E-state index >= 15 is 0 Å². The molecule has 4 atom stereocenters. The summed E-state index contributed by atoms with van der Waals surface area (Å²) >= 11 is 0. The molecule has 0 aromatic carbocycles. The zero-order chi connectivity index (χ0) is 12.5. The second kappa shape index (κ2) is 4.66. The normalized spacial score (nSPS) is 34.3. The van der Waals surface area contributed by atoms with Crippen molar-refractivity contribution < 1.29 is 19.0 Å². The zero-order valence-corrected chi connectivity index (χ0v) is 10.1. The van der Waals surface area contributed by atoms with E-state index in [1.807, 2.05) is 0 Å². The van der Waals surface area contributed by atoms with Crippen LogP contribution in [-0.2, 0) is 14.2 Å². The largest absolute Gasteiger partial charge is 0.453 e. The van der Waals surface area contributed by atoms with Gasteiger partial charge in [-0.15, -0.1) is 0 Å². The molecule has 1 unspecified atom stereocenters. The van der Waals surface area contributed by atoms with Crippen molar-refractivity contribution in [3.8, 4) is 0 Å². The van der Waals surface area contributed by atoms with Crippen molar-refractivity contribution in [1.82, 2.24) is 4.98 Å². The Labute approximate surface area is 105 Å². The molecule has 0 bridgehead atoms. The minimum absolute atomic E-state index is 0.0558. The minimum Gasteiger partial charge on any atom is -0.453 e. The third kappa shape index (κ3) is 2.00. The Morgan fingerprint density at radius 1 is 1.28 bits per heavy atom. The molecular formula is C13H15NO4. The van der Waals surface area contributed by atoms with Crippen molar-refractivity contribution in [2.24, 2.45) is 5.92 Å². The van der Waals surface area contributed by atoms with E-state index in [4.69, 9.17) is 14.2 Å². The molecule has 0 spiro atoms. The average Bonchev–Trinajstić information content (AvgIpc) is 2.95. The number of hydrogen-bond donors (Lipinski definition) is 0.